The molecule has 0 radical (unpaired) electrons. The van der Waals surface area contributed by atoms with E-state index < -0.39 is 4.92 Å². The minimum absolute atomic E-state index is 0.0103. The summed E-state index contributed by atoms with van der Waals surface area (Å²) in [6, 6.07) is 7.77. The first kappa shape index (κ1) is 17.2. The van der Waals surface area contributed by atoms with Gasteiger partial charge in [-0.05, 0) is 18.2 Å². The minimum atomic E-state index is -0.453. The Morgan fingerprint density at radius 2 is 1.69 bits per heavy atom. The molecule has 0 atom stereocenters. The molecule has 1 heterocycles. The van der Waals surface area contributed by atoms with E-state index in [1.54, 1.807) is 18.2 Å². The Hall–Kier alpha value is -3.62. The van der Waals surface area contributed by atoms with Gasteiger partial charge in [-0.1, -0.05) is 0 Å². The highest BCUT2D eigenvalue weighted by Crippen LogP contribution is 2.44. The third-order valence-electron chi connectivity index (χ3n) is 3.77. The van der Waals surface area contributed by atoms with Crippen LogP contribution in [0.25, 0.3) is 10.9 Å². The van der Waals surface area contributed by atoms with E-state index in [2.05, 4.69) is 15.3 Å². The van der Waals surface area contributed by atoms with Crippen LogP contribution in [0.15, 0.2) is 36.7 Å². The number of methoxy groups -OCH3 is 3. The zero-order valence-corrected chi connectivity index (χ0v) is 14.3. The summed E-state index contributed by atoms with van der Waals surface area (Å²) in [5, 5.41) is 14.6. The molecule has 9 nitrogen and oxygen atoms in total. The van der Waals surface area contributed by atoms with Gasteiger partial charge >= 0.3 is 0 Å². The number of aromatic nitrogens is 2. The van der Waals surface area contributed by atoms with Crippen LogP contribution in [0.2, 0.25) is 0 Å². The fourth-order valence-electron chi connectivity index (χ4n) is 2.57. The van der Waals surface area contributed by atoms with Crippen LogP contribution in [0.1, 0.15) is 0 Å². The Morgan fingerprint density at radius 1 is 1.00 bits per heavy atom. The van der Waals surface area contributed by atoms with Gasteiger partial charge < -0.3 is 19.5 Å². The summed E-state index contributed by atoms with van der Waals surface area (Å²) in [6.07, 6.45) is 1.39. The van der Waals surface area contributed by atoms with Gasteiger partial charge in [-0.25, -0.2) is 9.97 Å². The van der Waals surface area contributed by atoms with Crippen LogP contribution in [0.4, 0.5) is 17.2 Å². The van der Waals surface area contributed by atoms with E-state index in [0.29, 0.717) is 39.7 Å². The molecule has 0 bridgehead atoms. The molecule has 3 aromatic rings. The third kappa shape index (κ3) is 3.02. The second-order valence-corrected chi connectivity index (χ2v) is 5.19. The molecule has 3 rings (SSSR count). The molecule has 0 saturated heterocycles. The summed E-state index contributed by atoms with van der Waals surface area (Å²) in [5.74, 6) is 1.83. The number of nitrogens with one attached hydrogen (secondary N) is 1. The maximum atomic E-state index is 10.8. The maximum Gasteiger partial charge on any atom is 0.269 e. The average molecular weight is 356 g/mol. The van der Waals surface area contributed by atoms with Gasteiger partial charge in [-0.3, -0.25) is 10.1 Å². The van der Waals surface area contributed by atoms with Crippen molar-refractivity contribution in [2.45, 2.75) is 0 Å². The number of nitro benzene ring substituents is 1. The average Bonchev–Trinajstić information content (AvgIpc) is 2.67. The number of hydrogen-bond acceptors (Lipinski definition) is 8. The van der Waals surface area contributed by atoms with Crippen LogP contribution >= 0.6 is 0 Å². The molecular formula is C17H16N4O5. The van der Waals surface area contributed by atoms with Crippen LogP contribution in [0, 0.1) is 10.1 Å². The Balaban J connectivity index is 2.10. The molecule has 26 heavy (non-hydrogen) atoms. The largest absolute Gasteiger partial charge is 0.493 e. The molecule has 0 aliphatic rings. The van der Waals surface area contributed by atoms with Crippen LogP contribution in [-0.4, -0.2) is 36.2 Å². The number of nitro groups is 1. The lowest BCUT2D eigenvalue weighted by Crippen LogP contribution is -2.01. The van der Waals surface area contributed by atoms with Gasteiger partial charge in [0.2, 0.25) is 5.75 Å². The lowest BCUT2D eigenvalue weighted by atomic mass is 10.1. The van der Waals surface area contributed by atoms with Gasteiger partial charge in [0.1, 0.15) is 17.7 Å². The molecule has 0 amide bonds. The Kier molecular flexibility index (Phi) is 4.70. The highest BCUT2D eigenvalue weighted by molar-refractivity contribution is 5.97. The lowest BCUT2D eigenvalue weighted by Gasteiger charge is -2.15. The highest BCUT2D eigenvalue weighted by Gasteiger charge is 2.19. The molecule has 2 aromatic carbocycles. The number of hydrogen-bond donors (Lipinski definition) is 1. The predicted molar refractivity (Wildman–Crippen MR) is 95.6 cm³/mol. The quantitative estimate of drug-likeness (QED) is 0.529. The van der Waals surface area contributed by atoms with Crippen molar-refractivity contribution < 1.29 is 19.1 Å². The van der Waals surface area contributed by atoms with E-state index >= 15 is 0 Å². The number of anilines is 2. The number of fused-ring (bicyclic) bond motifs is 1. The minimum Gasteiger partial charge on any atom is -0.493 e. The second kappa shape index (κ2) is 7.09. The first-order valence-electron chi connectivity index (χ1n) is 7.54. The van der Waals surface area contributed by atoms with Crippen molar-refractivity contribution in [2.24, 2.45) is 0 Å². The first-order valence-corrected chi connectivity index (χ1v) is 7.54. The standard InChI is InChI=1S/C17H16N4O5/c1-24-13-8-12-14(16(26-3)15(13)25-2)18-9-19-17(12)20-10-4-6-11(7-5-10)21(22)23/h4-9H,1-3H3,(H,18,19,20). The van der Waals surface area contributed by atoms with Crippen molar-refractivity contribution in [1.29, 1.82) is 0 Å². The van der Waals surface area contributed by atoms with Gasteiger partial charge in [-0.15, -0.1) is 0 Å². The molecule has 0 spiro atoms. The van der Waals surface area contributed by atoms with Crippen molar-refractivity contribution in [3.63, 3.8) is 0 Å². The molecule has 9 heteroatoms. The number of ether oxygens (including phenoxy) is 3. The number of rotatable bonds is 6. The van der Waals surface area contributed by atoms with Crippen molar-refractivity contribution >= 4 is 28.1 Å². The van der Waals surface area contributed by atoms with Gasteiger partial charge in [0.05, 0.1) is 31.6 Å². The Bertz CT molecular complexity index is 960. The molecule has 0 fully saturated rings. The molecule has 1 N–H and O–H groups in total. The van der Waals surface area contributed by atoms with E-state index in [9.17, 15) is 10.1 Å². The fourth-order valence-corrected chi connectivity index (χ4v) is 2.57. The van der Waals surface area contributed by atoms with Crippen LogP contribution in [0.5, 0.6) is 17.2 Å². The van der Waals surface area contributed by atoms with E-state index in [1.807, 2.05) is 0 Å². The molecule has 134 valence electrons. The summed E-state index contributed by atoms with van der Waals surface area (Å²) in [5.41, 5.74) is 1.20. The van der Waals surface area contributed by atoms with Gasteiger partial charge in [0.15, 0.2) is 11.5 Å². The van der Waals surface area contributed by atoms with E-state index in [4.69, 9.17) is 14.2 Å². The Labute approximate surface area is 148 Å². The zero-order valence-electron chi connectivity index (χ0n) is 14.3. The molecule has 1 aromatic heterocycles. The summed E-state index contributed by atoms with van der Waals surface area (Å²) in [7, 11) is 4.56. The topological polar surface area (TPSA) is 109 Å². The normalized spacial score (nSPS) is 10.4. The van der Waals surface area contributed by atoms with Crippen molar-refractivity contribution in [3.8, 4) is 17.2 Å². The monoisotopic (exact) mass is 356 g/mol. The summed E-state index contributed by atoms with van der Waals surface area (Å²) >= 11 is 0. The molecule has 0 saturated carbocycles. The fraction of sp³-hybridized carbons (Fsp3) is 0.176. The van der Waals surface area contributed by atoms with Gasteiger partial charge in [0, 0.05) is 17.8 Å². The molecular weight excluding hydrogens is 340 g/mol. The molecule has 0 unspecified atom stereocenters. The number of non-ortho nitro benzene ring substituents is 1. The number of nitrogens with zero attached hydrogens (tertiary/aromatic N) is 3. The SMILES string of the molecule is COc1cc2c(Nc3ccc([N+](=O)[O-])cc3)ncnc2c(OC)c1OC. The third-order valence-corrected chi connectivity index (χ3v) is 3.77. The predicted octanol–water partition coefficient (Wildman–Crippen LogP) is 3.31. The summed E-state index contributed by atoms with van der Waals surface area (Å²) in [6.45, 7) is 0. The highest BCUT2D eigenvalue weighted by atomic mass is 16.6. The lowest BCUT2D eigenvalue weighted by molar-refractivity contribution is -0.384. The van der Waals surface area contributed by atoms with Crippen LogP contribution < -0.4 is 19.5 Å². The first-order chi connectivity index (χ1) is 12.6. The second-order valence-electron chi connectivity index (χ2n) is 5.19. The number of benzene rings is 2. The maximum absolute atomic E-state index is 10.8. The summed E-state index contributed by atoms with van der Waals surface area (Å²) < 4.78 is 16.2. The van der Waals surface area contributed by atoms with E-state index in [0.717, 1.165) is 0 Å². The van der Waals surface area contributed by atoms with E-state index in [1.165, 1.54) is 39.8 Å². The van der Waals surface area contributed by atoms with Crippen molar-refractivity contribution in [2.75, 3.05) is 26.6 Å². The van der Waals surface area contributed by atoms with Gasteiger partial charge in [-0.2, -0.15) is 0 Å². The van der Waals surface area contributed by atoms with Crippen molar-refractivity contribution in [1.82, 2.24) is 9.97 Å². The Morgan fingerprint density at radius 3 is 2.27 bits per heavy atom. The smallest absolute Gasteiger partial charge is 0.269 e. The van der Waals surface area contributed by atoms with Crippen LogP contribution in [-0.2, 0) is 0 Å². The molecule has 0 aliphatic heterocycles. The van der Waals surface area contributed by atoms with Gasteiger partial charge in [0.25, 0.3) is 5.69 Å². The zero-order chi connectivity index (χ0) is 18.7. The van der Waals surface area contributed by atoms with Crippen LogP contribution in [0.3, 0.4) is 0 Å². The van der Waals surface area contributed by atoms with E-state index in [-0.39, 0.29) is 5.69 Å². The van der Waals surface area contributed by atoms with Crippen molar-refractivity contribution in [3.05, 3.63) is 46.8 Å². The summed E-state index contributed by atoms with van der Waals surface area (Å²) in [4.78, 5) is 18.9. The molecule has 0 aliphatic carbocycles.